The van der Waals surface area contributed by atoms with Gasteiger partial charge in [-0.2, -0.15) is 4.31 Å². The number of rotatable bonds is 3. The normalized spacial score (nSPS) is 23.5. The molecule has 0 aromatic rings. The number of hydrogen-bond acceptors (Lipinski definition) is 3. The molecule has 1 saturated carbocycles. The van der Waals surface area contributed by atoms with Gasteiger partial charge in [0.1, 0.15) is 0 Å². The summed E-state index contributed by atoms with van der Waals surface area (Å²) in [5.74, 6) is 0.570. The van der Waals surface area contributed by atoms with Crippen LogP contribution in [0.25, 0.3) is 0 Å². The second kappa shape index (κ2) is 6.22. The standard InChI is InChI=1S/C13H24N2O3S/c1-2-19(17,18)15-10-8-14(9-11-15)13(16)12-6-4-3-5-7-12/h12H,2-11H2,1H3. The van der Waals surface area contributed by atoms with Crippen molar-refractivity contribution in [1.82, 2.24) is 9.21 Å². The van der Waals surface area contributed by atoms with E-state index in [9.17, 15) is 13.2 Å². The van der Waals surface area contributed by atoms with Gasteiger partial charge in [0, 0.05) is 32.1 Å². The predicted octanol–water partition coefficient (Wildman–Crippen LogP) is 1.06. The Balaban J connectivity index is 1.87. The van der Waals surface area contributed by atoms with Crippen molar-refractivity contribution in [2.75, 3.05) is 31.9 Å². The smallest absolute Gasteiger partial charge is 0.225 e. The van der Waals surface area contributed by atoms with Crippen molar-refractivity contribution < 1.29 is 13.2 Å². The van der Waals surface area contributed by atoms with Crippen molar-refractivity contribution in [1.29, 1.82) is 0 Å². The van der Waals surface area contributed by atoms with Crippen LogP contribution < -0.4 is 0 Å². The van der Waals surface area contributed by atoms with E-state index in [0.717, 1.165) is 25.7 Å². The fraction of sp³-hybridized carbons (Fsp3) is 0.923. The maximum absolute atomic E-state index is 12.3. The summed E-state index contributed by atoms with van der Waals surface area (Å²) in [5, 5.41) is 0. The summed E-state index contributed by atoms with van der Waals surface area (Å²) in [4.78, 5) is 14.2. The van der Waals surface area contributed by atoms with Gasteiger partial charge in [0.2, 0.25) is 15.9 Å². The number of amides is 1. The molecule has 1 heterocycles. The van der Waals surface area contributed by atoms with E-state index < -0.39 is 10.0 Å². The molecule has 0 atom stereocenters. The molecule has 6 heteroatoms. The van der Waals surface area contributed by atoms with E-state index in [1.54, 1.807) is 6.92 Å². The summed E-state index contributed by atoms with van der Waals surface area (Å²) in [6.07, 6.45) is 5.56. The monoisotopic (exact) mass is 288 g/mol. The first-order valence-electron chi connectivity index (χ1n) is 7.31. The lowest BCUT2D eigenvalue weighted by Gasteiger charge is -2.36. The Kier molecular flexibility index (Phi) is 4.84. The molecule has 0 aromatic heterocycles. The molecule has 2 fully saturated rings. The Bertz CT molecular complexity index is 408. The third-order valence-corrected chi connectivity index (χ3v) is 6.14. The minimum atomic E-state index is -3.10. The molecule has 1 amide bonds. The molecule has 1 aliphatic carbocycles. The molecular formula is C13H24N2O3S. The van der Waals surface area contributed by atoms with Crippen LogP contribution in [0.4, 0.5) is 0 Å². The molecule has 0 radical (unpaired) electrons. The highest BCUT2D eigenvalue weighted by Crippen LogP contribution is 2.26. The summed E-state index contributed by atoms with van der Waals surface area (Å²) >= 11 is 0. The number of hydrogen-bond donors (Lipinski definition) is 0. The molecule has 1 aliphatic heterocycles. The molecule has 2 aliphatic rings. The van der Waals surface area contributed by atoms with Crippen molar-refractivity contribution >= 4 is 15.9 Å². The highest BCUT2D eigenvalue weighted by molar-refractivity contribution is 7.89. The molecule has 0 N–H and O–H groups in total. The van der Waals surface area contributed by atoms with Crippen LogP contribution in [-0.2, 0) is 14.8 Å². The SMILES string of the molecule is CCS(=O)(=O)N1CCN(C(=O)C2CCCCC2)CC1. The molecule has 0 bridgehead atoms. The van der Waals surface area contributed by atoms with Crippen molar-refractivity contribution in [3.63, 3.8) is 0 Å². The van der Waals surface area contributed by atoms with Gasteiger partial charge < -0.3 is 4.90 Å². The molecule has 5 nitrogen and oxygen atoms in total. The van der Waals surface area contributed by atoms with Crippen LogP contribution >= 0.6 is 0 Å². The van der Waals surface area contributed by atoms with Crippen LogP contribution in [0.5, 0.6) is 0 Å². The Hall–Kier alpha value is -0.620. The maximum Gasteiger partial charge on any atom is 0.225 e. The highest BCUT2D eigenvalue weighted by Gasteiger charge is 2.31. The lowest BCUT2D eigenvalue weighted by atomic mass is 9.88. The summed E-state index contributed by atoms with van der Waals surface area (Å²) in [6, 6.07) is 0. The van der Waals surface area contributed by atoms with Crippen molar-refractivity contribution in [2.45, 2.75) is 39.0 Å². The summed E-state index contributed by atoms with van der Waals surface area (Å²) in [7, 11) is -3.10. The molecule has 0 aromatic carbocycles. The van der Waals surface area contributed by atoms with Crippen molar-refractivity contribution in [2.24, 2.45) is 5.92 Å². The van der Waals surface area contributed by atoms with E-state index in [-0.39, 0.29) is 17.6 Å². The van der Waals surface area contributed by atoms with E-state index in [0.29, 0.717) is 26.2 Å². The first-order valence-corrected chi connectivity index (χ1v) is 8.92. The Morgan fingerprint density at radius 3 is 2.16 bits per heavy atom. The number of nitrogens with zero attached hydrogens (tertiary/aromatic N) is 2. The zero-order valence-corrected chi connectivity index (χ0v) is 12.5. The van der Waals surface area contributed by atoms with Crippen molar-refractivity contribution in [3.05, 3.63) is 0 Å². The summed E-state index contributed by atoms with van der Waals surface area (Å²) < 4.78 is 25.0. The molecule has 0 unspecified atom stereocenters. The van der Waals surface area contributed by atoms with Gasteiger partial charge in [0.25, 0.3) is 0 Å². The van der Waals surface area contributed by atoms with E-state index >= 15 is 0 Å². The van der Waals surface area contributed by atoms with Gasteiger partial charge in [-0.15, -0.1) is 0 Å². The summed E-state index contributed by atoms with van der Waals surface area (Å²) in [6.45, 7) is 3.67. The zero-order chi connectivity index (χ0) is 13.9. The average molecular weight is 288 g/mol. The third kappa shape index (κ3) is 3.48. The number of sulfonamides is 1. The van der Waals surface area contributed by atoms with Gasteiger partial charge in [-0.1, -0.05) is 19.3 Å². The van der Waals surface area contributed by atoms with Gasteiger partial charge in [0.05, 0.1) is 5.75 Å². The largest absolute Gasteiger partial charge is 0.340 e. The Morgan fingerprint density at radius 1 is 1.05 bits per heavy atom. The first-order chi connectivity index (χ1) is 9.04. The third-order valence-electron chi connectivity index (χ3n) is 4.26. The van der Waals surface area contributed by atoms with E-state index in [1.807, 2.05) is 4.90 Å². The van der Waals surface area contributed by atoms with Gasteiger partial charge >= 0.3 is 0 Å². The van der Waals surface area contributed by atoms with Gasteiger partial charge in [-0.25, -0.2) is 8.42 Å². The van der Waals surface area contributed by atoms with E-state index in [1.165, 1.54) is 10.7 Å². The molecule has 110 valence electrons. The van der Waals surface area contributed by atoms with Gasteiger partial charge in [-0.3, -0.25) is 4.79 Å². The van der Waals surface area contributed by atoms with Gasteiger partial charge in [-0.05, 0) is 19.8 Å². The van der Waals surface area contributed by atoms with Crippen LogP contribution in [0.2, 0.25) is 0 Å². The number of piperazine rings is 1. The summed E-state index contributed by atoms with van der Waals surface area (Å²) in [5.41, 5.74) is 0. The van der Waals surface area contributed by atoms with Crippen LogP contribution in [0.1, 0.15) is 39.0 Å². The van der Waals surface area contributed by atoms with Gasteiger partial charge in [0.15, 0.2) is 0 Å². The van der Waals surface area contributed by atoms with Crippen molar-refractivity contribution in [3.8, 4) is 0 Å². The molecule has 1 saturated heterocycles. The average Bonchev–Trinajstić information content (AvgIpc) is 2.47. The fourth-order valence-electron chi connectivity index (χ4n) is 2.98. The zero-order valence-electron chi connectivity index (χ0n) is 11.7. The fourth-order valence-corrected chi connectivity index (χ4v) is 4.06. The highest BCUT2D eigenvalue weighted by atomic mass is 32.2. The quantitative estimate of drug-likeness (QED) is 0.780. The lowest BCUT2D eigenvalue weighted by molar-refractivity contribution is -0.137. The minimum absolute atomic E-state index is 0.142. The molecule has 19 heavy (non-hydrogen) atoms. The topological polar surface area (TPSA) is 57.7 Å². The Labute approximate surface area is 116 Å². The predicted molar refractivity (Wildman–Crippen MR) is 74.2 cm³/mol. The second-order valence-electron chi connectivity index (χ2n) is 5.46. The van der Waals surface area contributed by atoms with Crippen LogP contribution in [0.15, 0.2) is 0 Å². The molecule has 2 rings (SSSR count). The minimum Gasteiger partial charge on any atom is -0.340 e. The molecular weight excluding hydrogens is 264 g/mol. The second-order valence-corrected chi connectivity index (χ2v) is 7.72. The lowest BCUT2D eigenvalue weighted by Crippen LogP contribution is -2.52. The number of carbonyl (C=O) groups is 1. The molecule has 0 spiro atoms. The Morgan fingerprint density at radius 2 is 1.63 bits per heavy atom. The number of carbonyl (C=O) groups excluding carboxylic acids is 1. The first kappa shape index (κ1) is 14.8. The maximum atomic E-state index is 12.3. The van der Waals surface area contributed by atoms with Crippen LogP contribution in [0.3, 0.4) is 0 Å². The van der Waals surface area contributed by atoms with Crippen LogP contribution in [0, 0.1) is 5.92 Å². The van der Waals surface area contributed by atoms with E-state index in [2.05, 4.69) is 0 Å². The van der Waals surface area contributed by atoms with E-state index in [4.69, 9.17) is 0 Å². The van der Waals surface area contributed by atoms with Crippen LogP contribution in [-0.4, -0.2) is 55.5 Å².